The van der Waals surface area contributed by atoms with Gasteiger partial charge in [0, 0.05) is 25.4 Å². The molecule has 8 nitrogen and oxygen atoms in total. The quantitative estimate of drug-likeness (QED) is 0.324. The van der Waals surface area contributed by atoms with Gasteiger partial charge in [-0.2, -0.15) is 0 Å². The number of aliphatic hydroxyl groups is 1. The molecule has 40 heavy (non-hydrogen) atoms. The zero-order valence-corrected chi connectivity index (χ0v) is 22.8. The second-order valence-corrected chi connectivity index (χ2v) is 11.4. The van der Waals surface area contributed by atoms with Crippen molar-refractivity contribution in [2.75, 3.05) is 31.2 Å². The smallest absolute Gasteiger partial charge is 0.313 e. The van der Waals surface area contributed by atoms with E-state index in [9.17, 15) is 14.4 Å². The molecule has 0 bridgehead atoms. The number of amides is 2. The van der Waals surface area contributed by atoms with Crippen molar-refractivity contribution in [1.29, 1.82) is 0 Å². The molecule has 5 atom stereocenters. The molecular formula is C32H36N2O6. The van der Waals surface area contributed by atoms with Gasteiger partial charge in [-0.15, -0.1) is 0 Å². The number of fused-ring (bicyclic) bond motifs is 3. The monoisotopic (exact) mass is 544 g/mol. The molecule has 4 aliphatic heterocycles. The van der Waals surface area contributed by atoms with E-state index < -0.39 is 35.0 Å². The topological polar surface area (TPSA) is 96.4 Å². The highest BCUT2D eigenvalue weighted by atomic mass is 16.6. The molecule has 4 aliphatic rings. The number of benzene rings is 2. The average Bonchev–Trinajstić information content (AvgIpc) is 3.26. The van der Waals surface area contributed by atoms with E-state index in [4.69, 9.17) is 14.6 Å². The van der Waals surface area contributed by atoms with Crippen molar-refractivity contribution in [2.24, 2.45) is 11.8 Å². The molecule has 2 amide bonds. The molecule has 6 rings (SSSR count). The number of unbranched alkanes of at least 4 members (excludes halogenated alkanes) is 3. The fraction of sp³-hybridized carbons (Fsp3) is 0.469. The maximum atomic E-state index is 14.6. The number of esters is 1. The van der Waals surface area contributed by atoms with Gasteiger partial charge in [0.2, 0.25) is 5.91 Å². The first-order valence-corrected chi connectivity index (χ1v) is 14.3. The maximum absolute atomic E-state index is 14.6. The fourth-order valence-electron chi connectivity index (χ4n) is 7.05. The van der Waals surface area contributed by atoms with Gasteiger partial charge < -0.3 is 24.4 Å². The van der Waals surface area contributed by atoms with Crippen LogP contribution in [0, 0.1) is 11.8 Å². The summed E-state index contributed by atoms with van der Waals surface area (Å²) in [7, 11) is 0. The van der Waals surface area contributed by atoms with Crippen LogP contribution in [0.3, 0.4) is 0 Å². The number of hydrogen-bond donors (Lipinski definition) is 1. The fourth-order valence-corrected chi connectivity index (χ4v) is 7.05. The molecule has 1 unspecified atom stereocenters. The van der Waals surface area contributed by atoms with E-state index in [0.717, 1.165) is 29.3 Å². The van der Waals surface area contributed by atoms with Gasteiger partial charge in [-0.3, -0.25) is 14.4 Å². The number of hydrogen-bond acceptors (Lipinski definition) is 6. The molecule has 1 spiro atoms. The summed E-state index contributed by atoms with van der Waals surface area (Å²) < 4.78 is 12.4. The van der Waals surface area contributed by atoms with Gasteiger partial charge in [0.1, 0.15) is 17.6 Å². The summed E-state index contributed by atoms with van der Waals surface area (Å²) >= 11 is 0. The number of nitrogens with zero attached hydrogens (tertiary/aromatic N) is 2. The third kappa shape index (κ3) is 4.25. The van der Waals surface area contributed by atoms with Gasteiger partial charge in [-0.1, -0.05) is 67.5 Å². The van der Waals surface area contributed by atoms with Crippen molar-refractivity contribution in [3.8, 4) is 0 Å². The number of carbonyl (C=O) groups is 3. The third-order valence-corrected chi connectivity index (χ3v) is 8.87. The number of cyclic esters (lactones) is 1. The lowest BCUT2D eigenvalue weighted by Gasteiger charge is -2.37. The molecule has 0 aromatic heterocycles. The average molecular weight is 545 g/mol. The molecule has 1 N–H and O–H groups in total. The molecule has 2 saturated heterocycles. The van der Waals surface area contributed by atoms with Gasteiger partial charge in [-0.05, 0) is 49.1 Å². The SMILES string of the molecule is C[C@@]12C=CCCOC(=O)[C@@H]1[C@H]1C(=O)N(CCCCCCO)C3C(=O)N(c4ccc5ccccc5c4)CC=C[C@@]31O2. The second-order valence-electron chi connectivity index (χ2n) is 11.4. The first kappa shape index (κ1) is 26.7. The van der Waals surface area contributed by atoms with Crippen LogP contribution in [0.4, 0.5) is 5.69 Å². The molecule has 4 heterocycles. The van der Waals surface area contributed by atoms with E-state index in [1.165, 1.54) is 0 Å². The zero-order chi connectivity index (χ0) is 27.9. The lowest BCUT2D eigenvalue weighted by atomic mass is 9.74. The highest BCUT2D eigenvalue weighted by Gasteiger charge is 2.74. The predicted molar refractivity (Wildman–Crippen MR) is 150 cm³/mol. The number of likely N-dealkylation sites (tertiary alicyclic amines) is 1. The van der Waals surface area contributed by atoms with Crippen molar-refractivity contribution < 1.29 is 29.0 Å². The summed E-state index contributed by atoms with van der Waals surface area (Å²) in [5.41, 5.74) is -1.62. The summed E-state index contributed by atoms with van der Waals surface area (Å²) in [6.07, 6.45) is 11.2. The van der Waals surface area contributed by atoms with E-state index in [1.807, 2.05) is 73.7 Å². The van der Waals surface area contributed by atoms with E-state index >= 15 is 0 Å². The molecule has 210 valence electrons. The Hall–Kier alpha value is -3.49. The van der Waals surface area contributed by atoms with Crippen molar-refractivity contribution in [1.82, 2.24) is 4.90 Å². The van der Waals surface area contributed by atoms with Gasteiger partial charge in [0.15, 0.2) is 0 Å². The lowest BCUT2D eigenvalue weighted by Crippen LogP contribution is -2.56. The second kappa shape index (κ2) is 10.5. The summed E-state index contributed by atoms with van der Waals surface area (Å²) in [5.74, 6) is -2.65. The highest BCUT2D eigenvalue weighted by molar-refractivity contribution is 6.06. The molecule has 0 radical (unpaired) electrons. The van der Waals surface area contributed by atoms with Gasteiger partial charge in [0.05, 0.1) is 18.1 Å². The Labute approximate surface area is 234 Å². The van der Waals surface area contributed by atoms with Crippen molar-refractivity contribution in [3.63, 3.8) is 0 Å². The van der Waals surface area contributed by atoms with Crippen LogP contribution in [0.15, 0.2) is 66.8 Å². The van der Waals surface area contributed by atoms with Crippen LogP contribution in [0.5, 0.6) is 0 Å². The third-order valence-electron chi connectivity index (χ3n) is 8.87. The highest BCUT2D eigenvalue weighted by Crippen LogP contribution is 2.57. The van der Waals surface area contributed by atoms with Crippen LogP contribution in [0.1, 0.15) is 39.0 Å². The van der Waals surface area contributed by atoms with Crippen LogP contribution in [-0.2, 0) is 23.9 Å². The zero-order valence-electron chi connectivity index (χ0n) is 22.8. The van der Waals surface area contributed by atoms with Gasteiger partial charge in [-0.25, -0.2) is 0 Å². The van der Waals surface area contributed by atoms with Crippen molar-refractivity contribution in [2.45, 2.75) is 56.3 Å². The summed E-state index contributed by atoms with van der Waals surface area (Å²) in [6.45, 7) is 2.89. The first-order chi connectivity index (χ1) is 19.4. The Morgan fingerprint density at radius 3 is 2.55 bits per heavy atom. The molecule has 2 aromatic carbocycles. The Morgan fingerprint density at radius 2 is 1.73 bits per heavy atom. The number of aliphatic hydroxyl groups excluding tert-OH is 1. The Balaban J connectivity index is 1.41. The van der Waals surface area contributed by atoms with Crippen molar-refractivity contribution >= 4 is 34.2 Å². The van der Waals surface area contributed by atoms with E-state index in [0.29, 0.717) is 32.4 Å². The van der Waals surface area contributed by atoms with E-state index in [-0.39, 0.29) is 25.0 Å². The van der Waals surface area contributed by atoms with Crippen LogP contribution >= 0.6 is 0 Å². The summed E-state index contributed by atoms with van der Waals surface area (Å²) in [6, 6.07) is 13.0. The normalized spacial score (nSPS) is 31.4. The van der Waals surface area contributed by atoms with Crippen LogP contribution in [0.25, 0.3) is 10.8 Å². The predicted octanol–water partition coefficient (Wildman–Crippen LogP) is 3.77. The lowest BCUT2D eigenvalue weighted by molar-refractivity contribution is -0.159. The van der Waals surface area contributed by atoms with E-state index in [2.05, 4.69) is 0 Å². The minimum absolute atomic E-state index is 0.129. The van der Waals surface area contributed by atoms with Crippen molar-refractivity contribution in [3.05, 3.63) is 66.8 Å². The van der Waals surface area contributed by atoms with Crippen LogP contribution < -0.4 is 4.90 Å². The summed E-state index contributed by atoms with van der Waals surface area (Å²) in [5, 5.41) is 11.3. The Kier molecular flexibility index (Phi) is 7.00. The molecular weight excluding hydrogens is 508 g/mol. The first-order valence-electron chi connectivity index (χ1n) is 14.3. The molecule has 8 heteroatoms. The Bertz CT molecular complexity index is 1390. The molecule has 0 aliphatic carbocycles. The molecule has 2 fully saturated rings. The number of rotatable bonds is 7. The minimum atomic E-state index is -1.29. The van der Waals surface area contributed by atoms with Gasteiger partial charge in [0.25, 0.3) is 5.91 Å². The van der Waals surface area contributed by atoms with Crippen LogP contribution in [-0.4, -0.2) is 71.3 Å². The standard InChI is InChI=1S/C32H36N2O6/c1-31-15-6-9-20-39-30(38)26(31)25-28(36)34(17-7-2-3-8-19-35)27-29(37)33(18-10-16-32(25,27)40-31)24-14-13-22-11-4-5-12-23(22)21-24/h4-6,10-16,21,25-27,35H,2-3,7-9,17-20H2,1H3/t25-,26-,27?,31+,32-/m0/s1. The Morgan fingerprint density at radius 1 is 0.925 bits per heavy atom. The number of anilines is 1. The van der Waals surface area contributed by atoms with Gasteiger partial charge >= 0.3 is 5.97 Å². The van der Waals surface area contributed by atoms with Crippen LogP contribution in [0.2, 0.25) is 0 Å². The largest absolute Gasteiger partial charge is 0.465 e. The number of ether oxygens (including phenoxy) is 2. The maximum Gasteiger partial charge on any atom is 0.313 e. The number of carbonyl (C=O) groups excluding carboxylic acids is 3. The minimum Gasteiger partial charge on any atom is -0.465 e. The summed E-state index contributed by atoms with van der Waals surface area (Å²) in [4.78, 5) is 45.6. The molecule has 0 saturated carbocycles. The van der Waals surface area contributed by atoms with E-state index in [1.54, 1.807) is 9.80 Å². The molecule has 2 aromatic rings.